The van der Waals surface area contributed by atoms with Crippen molar-refractivity contribution in [1.29, 1.82) is 5.26 Å². The summed E-state index contributed by atoms with van der Waals surface area (Å²) in [6.45, 7) is 0.830. The van der Waals surface area contributed by atoms with Gasteiger partial charge in [-0.15, -0.1) is 0 Å². The van der Waals surface area contributed by atoms with Crippen LogP contribution in [0.1, 0.15) is 24.1 Å². The standard InChI is InChI=1S/C11H13N3/c1-13-7-9-2-5-14-10(6-9)11(8-12)3-4-11/h2,5-6,13H,3-4,7H2,1H3. The van der Waals surface area contributed by atoms with Gasteiger partial charge in [0.1, 0.15) is 0 Å². The van der Waals surface area contributed by atoms with Gasteiger partial charge in [0.25, 0.3) is 0 Å². The van der Waals surface area contributed by atoms with Crippen molar-refractivity contribution in [1.82, 2.24) is 10.3 Å². The summed E-state index contributed by atoms with van der Waals surface area (Å²) in [6.07, 6.45) is 3.71. The molecule has 0 radical (unpaired) electrons. The topological polar surface area (TPSA) is 48.7 Å². The third-order valence-electron chi connectivity index (χ3n) is 2.66. The smallest absolute Gasteiger partial charge is 0.0994 e. The van der Waals surface area contributed by atoms with Gasteiger partial charge in [0.2, 0.25) is 0 Å². The molecule has 1 aromatic heterocycles. The van der Waals surface area contributed by atoms with Crippen molar-refractivity contribution in [2.45, 2.75) is 24.8 Å². The molecule has 0 atom stereocenters. The third kappa shape index (κ3) is 1.49. The molecule has 0 unspecified atom stereocenters. The van der Waals surface area contributed by atoms with E-state index < -0.39 is 0 Å². The minimum atomic E-state index is -0.260. The Morgan fingerprint density at radius 3 is 3.00 bits per heavy atom. The number of rotatable bonds is 3. The van der Waals surface area contributed by atoms with Crippen LogP contribution in [0.5, 0.6) is 0 Å². The molecular formula is C11H13N3. The number of nitrogens with one attached hydrogen (secondary N) is 1. The van der Waals surface area contributed by atoms with E-state index in [0.29, 0.717) is 0 Å². The average Bonchev–Trinajstić information content (AvgIpc) is 2.99. The maximum Gasteiger partial charge on any atom is 0.0994 e. The van der Waals surface area contributed by atoms with Gasteiger partial charge in [0, 0.05) is 12.7 Å². The molecule has 0 aromatic carbocycles. The summed E-state index contributed by atoms with van der Waals surface area (Å²) in [5.41, 5.74) is 1.87. The van der Waals surface area contributed by atoms with Crippen LogP contribution in [0.15, 0.2) is 18.3 Å². The lowest BCUT2D eigenvalue weighted by Crippen LogP contribution is -2.09. The molecule has 3 heteroatoms. The van der Waals surface area contributed by atoms with Crippen molar-refractivity contribution in [2.75, 3.05) is 7.05 Å². The molecule has 0 aliphatic heterocycles. The van der Waals surface area contributed by atoms with E-state index in [1.165, 1.54) is 5.56 Å². The van der Waals surface area contributed by atoms with E-state index in [9.17, 15) is 0 Å². The van der Waals surface area contributed by atoms with E-state index in [2.05, 4.69) is 16.4 Å². The molecule has 0 amide bonds. The molecule has 0 bridgehead atoms. The molecule has 3 nitrogen and oxygen atoms in total. The maximum atomic E-state index is 9.03. The lowest BCUT2D eigenvalue weighted by Gasteiger charge is -2.06. The molecule has 0 saturated heterocycles. The minimum Gasteiger partial charge on any atom is -0.316 e. The zero-order valence-corrected chi connectivity index (χ0v) is 8.25. The third-order valence-corrected chi connectivity index (χ3v) is 2.66. The fraction of sp³-hybridized carbons (Fsp3) is 0.455. The Kier molecular flexibility index (Phi) is 2.22. The quantitative estimate of drug-likeness (QED) is 0.777. The van der Waals surface area contributed by atoms with Crippen LogP contribution in [0.3, 0.4) is 0 Å². The van der Waals surface area contributed by atoms with E-state index in [0.717, 1.165) is 25.1 Å². The average molecular weight is 187 g/mol. The van der Waals surface area contributed by atoms with E-state index >= 15 is 0 Å². The predicted molar refractivity (Wildman–Crippen MR) is 53.5 cm³/mol. The minimum absolute atomic E-state index is 0.260. The van der Waals surface area contributed by atoms with E-state index in [1.807, 2.05) is 19.2 Å². The SMILES string of the molecule is CNCc1ccnc(C2(C#N)CC2)c1. The molecule has 1 aliphatic carbocycles. The molecular weight excluding hydrogens is 174 g/mol. The van der Waals surface area contributed by atoms with Gasteiger partial charge in [-0.25, -0.2) is 0 Å². The van der Waals surface area contributed by atoms with Gasteiger partial charge >= 0.3 is 0 Å². The lowest BCUT2D eigenvalue weighted by molar-refractivity contribution is 0.797. The summed E-state index contributed by atoms with van der Waals surface area (Å²) >= 11 is 0. The zero-order valence-electron chi connectivity index (χ0n) is 8.25. The van der Waals surface area contributed by atoms with Crippen LogP contribution >= 0.6 is 0 Å². The Balaban J connectivity index is 2.27. The molecule has 1 aromatic rings. The summed E-state index contributed by atoms with van der Waals surface area (Å²) in [7, 11) is 1.91. The lowest BCUT2D eigenvalue weighted by atomic mass is 10.0. The molecule has 2 rings (SSSR count). The Morgan fingerprint density at radius 2 is 2.43 bits per heavy atom. The van der Waals surface area contributed by atoms with E-state index in [1.54, 1.807) is 6.20 Å². The number of hydrogen-bond donors (Lipinski definition) is 1. The molecule has 1 fully saturated rings. The molecule has 14 heavy (non-hydrogen) atoms. The first-order valence-corrected chi connectivity index (χ1v) is 4.82. The van der Waals surface area contributed by atoms with Crippen molar-refractivity contribution >= 4 is 0 Å². The van der Waals surface area contributed by atoms with Crippen LogP contribution in [0.4, 0.5) is 0 Å². The van der Waals surface area contributed by atoms with E-state index in [-0.39, 0.29) is 5.41 Å². The highest BCUT2D eigenvalue weighted by Gasteiger charge is 2.46. The summed E-state index contributed by atoms with van der Waals surface area (Å²) in [5, 5.41) is 12.1. The van der Waals surface area contributed by atoms with Gasteiger partial charge < -0.3 is 5.32 Å². The van der Waals surface area contributed by atoms with Gasteiger partial charge in [-0.3, -0.25) is 4.98 Å². The van der Waals surface area contributed by atoms with Gasteiger partial charge in [-0.1, -0.05) is 0 Å². The fourth-order valence-electron chi connectivity index (χ4n) is 1.60. The predicted octanol–water partition coefficient (Wildman–Crippen LogP) is 1.36. The van der Waals surface area contributed by atoms with E-state index in [4.69, 9.17) is 5.26 Å². The van der Waals surface area contributed by atoms with Crippen LogP contribution in [-0.2, 0) is 12.0 Å². The number of pyridine rings is 1. The Morgan fingerprint density at radius 1 is 1.64 bits per heavy atom. The second-order valence-electron chi connectivity index (χ2n) is 3.77. The first-order chi connectivity index (χ1) is 6.80. The second kappa shape index (κ2) is 3.39. The first-order valence-electron chi connectivity index (χ1n) is 4.82. The maximum absolute atomic E-state index is 9.03. The van der Waals surface area contributed by atoms with Crippen LogP contribution in [0, 0.1) is 11.3 Å². The van der Waals surface area contributed by atoms with Crippen LogP contribution < -0.4 is 5.32 Å². The molecule has 72 valence electrons. The largest absolute Gasteiger partial charge is 0.316 e. The highest BCUT2D eigenvalue weighted by molar-refractivity contribution is 5.35. The molecule has 0 spiro atoms. The number of nitriles is 1. The number of hydrogen-bond acceptors (Lipinski definition) is 3. The zero-order chi connectivity index (χ0) is 10.0. The van der Waals surface area contributed by atoms with Gasteiger partial charge in [0.15, 0.2) is 0 Å². The van der Waals surface area contributed by atoms with Crippen molar-refractivity contribution in [3.05, 3.63) is 29.6 Å². The van der Waals surface area contributed by atoms with Crippen LogP contribution in [0.2, 0.25) is 0 Å². The fourth-order valence-corrected chi connectivity index (χ4v) is 1.60. The van der Waals surface area contributed by atoms with Gasteiger partial charge in [0.05, 0.1) is 17.2 Å². The van der Waals surface area contributed by atoms with Crippen molar-refractivity contribution in [3.63, 3.8) is 0 Å². The number of aromatic nitrogens is 1. The Hall–Kier alpha value is -1.40. The van der Waals surface area contributed by atoms with Crippen molar-refractivity contribution < 1.29 is 0 Å². The first kappa shape index (κ1) is 9.17. The Labute approximate surface area is 83.8 Å². The molecule has 1 N–H and O–H groups in total. The van der Waals surface area contributed by atoms with Crippen molar-refractivity contribution in [2.24, 2.45) is 0 Å². The van der Waals surface area contributed by atoms with Gasteiger partial charge in [-0.05, 0) is 37.6 Å². The number of nitrogens with zero attached hydrogens (tertiary/aromatic N) is 2. The summed E-state index contributed by atoms with van der Waals surface area (Å²) in [5.74, 6) is 0. The molecule has 1 aliphatic rings. The highest BCUT2D eigenvalue weighted by Crippen LogP contribution is 2.46. The van der Waals surface area contributed by atoms with Crippen LogP contribution in [0.25, 0.3) is 0 Å². The molecule has 1 saturated carbocycles. The monoisotopic (exact) mass is 187 g/mol. The normalized spacial score (nSPS) is 17.4. The summed E-state index contributed by atoms with van der Waals surface area (Å²) < 4.78 is 0. The second-order valence-corrected chi connectivity index (χ2v) is 3.77. The van der Waals surface area contributed by atoms with Crippen LogP contribution in [-0.4, -0.2) is 12.0 Å². The Bertz CT molecular complexity index is 374. The molecule has 1 heterocycles. The highest BCUT2D eigenvalue weighted by atomic mass is 14.8. The van der Waals surface area contributed by atoms with Gasteiger partial charge in [-0.2, -0.15) is 5.26 Å². The van der Waals surface area contributed by atoms with Crippen molar-refractivity contribution in [3.8, 4) is 6.07 Å². The summed E-state index contributed by atoms with van der Waals surface area (Å²) in [4.78, 5) is 4.28. The summed E-state index contributed by atoms with van der Waals surface area (Å²) in [6, 6.07) is 6.37.